The van der Waals surface area contributed by atoms with Gasteiger partial charge in [0, 0.05) is 12.1 Å². The van der Waals surface area contributed by atoms with E-state index in [-0.39, 0.29) is 23.2 Å². The van der Waals surface area contributed by atoms with E-state index >= 15 is 0 Å². The normalized spacial score (nSPS) is 9.94. The number of anilines is 1. The average molecular weight is 318 g/mol. The molecule has 1 aromatic carbocycles. The first-order valence-electron chi connectivity index (χ1n) is 5.43. The van der Waals surface area contributed by atoms with E-state index in [1.165, 1.54) is 18.2 Å². The minimum absolute atomic E-state index is 0.0298. The standard InChI is InChI=1S/C12H13BrFNO3/c1-2-18-12(17)6-5-11(16)15-8-3-4-10(14)9(13)7-8/h3-4,7H,2,5-6H2,1H3,(H,15,16). The molecule has 0 unspecified atom stereocenters. The summed E-state index contributed by atoms with van der Waals surface area (Å²) in [6.45, 7) is 2.00. The summed E-state index contributed by atoms with van der Waals surface area (Å²) >= 11 is 3.02. The molecule has 4 nitrogen and oxygen atoms in total. The van der Waals surface area contributed by atoms with Gasteiger partial charge in [0.1, 0.15) is 5.82 Å². The van der Waals surface area contributed by atoms with E-state index in [0.717, 1.165) is 0 Å². The number of rotatable bonds is 5. The van der Waals surface area contributed by atoms with Crippen LogP contribution in [0.25, 0.3) is 0 Å². The summed E-state index contributed by atoms with van der Waals surface area (Å²) in [4.78, 5) is 22.5. The van der Waals surface area contributed by atoms with Crippen molar-refractivity contribution in [2.24, 2.45) is 0 Å². The zero-order valence-corrected chi connectivity index (χ0v) is 11.4. The van der Waals surface area contributed by atoms with Crippen LogP contribution < -0.4 is 5.32 Å². The maximum absolute atomic E-state index is 13.0. The second-order valence-corrected chi connectivity index (χ2v) is 4.34. The van der Waals surface area contributed by atoms with Gasteiger partial charge in [-0.15, -0.1) is 0 Å². The van der Waals surface area contributed by atoms with Crippen LogP contribution in [0.2, 0.25) is 0 Å². The third kappa shape index (κ3) is 4.83. The summed E-state index contributed by atoms with van der Waals surface area (Å²) < 4.78 is 17.9. The van der Waals surface area contributed by atoms with Gasteiger partial charge in [0.25, 0.3) is 0 Å². The van der Waals surface area contributed by atoms with Crippen molar-refractivity contribution in [3.8, 4) is 0 Å². The molecule has 1 N–H and O–H groups in total. The van der Waals surface area contributed by atoms with Gasteiger partial charge in [0.15, 0.2) is 0 Å². The van der Waals surface area contributed by atoms with Gasteiger partial charge in [-0.25, -0.2) is 4.39 Å². The number of benzene rings is 1. The lowest BCUT2D eigenvalue weighted by Crippen LogP contribution is -2.14. The molecule has 98 valence electrons. The fraction of sp³-hybridized carbons (Fsp3) is 0.333. The molecule has 0 aliphatic rings. The molecule has 1 aromatic rings. The molecular formula is C12H13BrFNO3. The van der Waals surface area contributed by atoms with Crippen LogP contribution in [0.15, 0.2) is 22.7 Å². The first-order chi connectivity index (χ1) is 8.52. The number of amides is 1. The highest BCUT2D eigenvalue weighted by molar-refractivity contribution is 9.10. The minimum atomic E-state index is -0.409. The van der Waals surface area contributed by atoms with E-state index in [2.05, 4.69) is 21.2 Å². The quantitative estimate of drug-likeness (QED) is 0.850. The van der Waals surface area contributed by atoms with Crippen LogP contribution >= 0.6 is 15.9 Å². The van der Waals surface area contributed by atoms with E-state index in [1.54, 1.807) is 6.92 Å². The molecule has 0 saturated heterocycles. The second kappa shape index (κ2) is 7.10. The fourth-order valence-corrected chi connectivity index (χ4v) is 1.62. The number of halogens is 2. The highest BCUT2D eigenvalue weighted by Gasteiger charge is 2.08. The molecule has 0 bridgehead atoms. The first kappa shape index (κ1) is 14.6. The number of hydrogen-bond donors (Lipinski definition) is 1. The number of esters is 1. The number of nitrogens with one attached hydrogen (secondary N) is 1. The summed E-state index contributed by atoms with van der Waals surface area (Å²) in [7, 11) is 0. The molecular weight excluding hydrogens is 305 g/mol. The Bertz CT molecular complexity index is 451. The number of carbonyl (C=O) groups is 2. The Balaban J connectivity index is 2.44. The molecule has 0 aromatic heterocycles. The molecule has 0 atom stereocenters. The predicted octanol–water partition coefficient (Wildman–Crippen LogP) is 2.87. The third-order valence-electron chi connectivity index (χ3n) is 2.06. The zero-order chi connectivity index (χ0) is 13.5. The van der Waals surface area contributed by atoms with Crippen molar-refractivity contribution in [2.75, 3.05) is 11.9 Å². The van der Waals surface area contributed by atoms with Gasteiger partial charge >= 0.3 is 5.97 Å². The summed E-state index contributed by atoms with van der Waals surface area (Å²) in [5, 5.41) is 2.56. The van der Waals surface area contributed by atoms with Crippen molar-refractivity contribution >= 4 is 33.5 Å². The Kier molecular flexibility index (Phi) is 5.77. The average Bonchev–Trinajstić information content (AvgIpc) is 2.32. The van der Waals surface area contributed by atoms with Crippen molar-refractivity contribution in [2.45, 2.75) is 19.8 Å². The largest absolute Gasteiger partial charge is 0.466 e. The molecule has 0 radical (unpaired) electrons. The molecule has 1 rings (SSSR count). The van der Waals surface area contributed by atoms with E-state index in [9.17, 15) is 14.0 Å². The van der Waals surface area contributed by atoms with Crippen LogP contribution in [0.1, 0.15) is 19.8 Å². The van der Waals surface area contributed by atoms with Crippen molar-refractivity contribution in [3.05, 3.63) is 28.5 Å². The molecule has 0 spiro atoms. The Morgan fingerprint density at radius 1 is 1.39 bits per heavy atom. The van der Waals surface area contributed by atoms with Crippen LogP contribution in [0, 0.1) is 5.82 Å². The van der Waals surface area contributed by atoms with E-state index in [0.29, 0.717) is 12.3 Å². The van der Waals surface area contributed by atoms with Crippen molar-refractivity contribution < 1.29 is 18.7 Å². The van der Waals surface area contributed by atoms with Crippen molar-refractivity contribution in [1.29, 1.82) is 0 Å². The third-order valence-corrected chi connectivity index (χ3v) is 2.67. The highest BCUT2D eigenvalue weighted by Crippen LogP contribution is 2.20. The Hall–Kier alpha value is -1.43. The monoisotopic (exact) mass is 317 g/mol. The first-order valence-corrected chi connectivity index (χ1v) is 6.22. The molecule has 0 fully saturated rings. The molecule has 0 aliphatic heterocycles. The maximum Gasteiger partial charge on any atom is 0.306 e. The number of hydrogen-bond acceptors (Lipinski definition) is 3. The van der Waals surface area contributed by atoms with Gasteiger partial charge in [0.2, 0.25) is 5.91 Å². The van der Waals surface area contributed by atoms with Crippen LogP contribution in [0.4, 0.5) is 10.1 Å². The Morgan fingerprint density at radius 3 is 2.72 bits per heavy atom. The molecule has 0 saturated carbocycles. The minimum Gasteiger partial charge on any atom is -0.466 e. The van der Waals surface area contributed by atoms with Gasteiger partial charge in [0.05, 0.1) is 17.5 Å². The maximum atomic E-state index is 13.0. The van der Waals surface area contributed by atoms with Gasteiger partial charge in [-0.05, 0) is 41.1 Å². The summed E-state index contributed by atoms with van der Waals surface area (Å²) in [6.07, 6.45) is 0.0653. The van der Waals surface area contributed by atoms with Gasteiger partial charge in [-0.1, -0.05) is 0 Å². The lowest BCUT2D eigenvalue weighted by molar-refractivity contribution is -0.144. The Labute approximate surface area is 113 Å². The van der Waals surface area contributed by atoms with Crippen LogP contribution in [0.3, 0.4) is 0 Å². The van der Waals surface area contributed by atoms with Crippen molar-refractivity contribution in [1.82, 2.24) is 0 Å². The number of carbonyl (C=O) groups excluding carboxylic acids is 2. The SMILES string of the molecule is CCOC(=O)CCC(=O)Nc1ccc(F)c(Br)c1. The lowest BCUT2D eigenvalue weighted by atomic mass is 10.2. The molecule has 6 heteroatoms. The van der Waals surface area contributed by atoms with Crippen molar-refractivity contribution in [3.63, 3.8) is 0 Å². The number of ether oxygens (including phenoxy) is 1. The topological polar surface area (TPSA) is 55.4 Å². The molecule has 0 heterocycles. The van der Waals surface area contributed by atoms with E-state index in [4.69, 9.17) is 4.74 Å². The van der Waals surface area contributed by atoms with Crippen LogP contribution in [0.5, 0.6) is 0 Å². The summed E-state index contributed by atoms with van der Waals surface area (Å²) in [6, 6.07) is 4.14. The van der Waals surface area contributed by atoms with Crippen LogP contribution in [-0.2, 0) is 14.3 Å². The molecule has 1 amide bonds. The molecule has 0 aliphatic carbocycles. The zero-order valence-electron chi connectivity index (χ0n) is 9.83. The fourth-order valence-electron chi connectivity index (χ4n) is 1.25. The highest BCUT2D eigenvalue weighted by atomic mass is 79.9. The summed E-state index contributed by atoms with van der Waals surface area (Å²) in [5.41, 5.74) is 0.470. The Morgan fingerprint density at radius 2 is 2.11 bits per heavy atom. The smallest absolute Gasteiger partial charge is 0.306 e. The second-order valence-electron chi connectivity index (χ2n) is 3.48. The summed E-state index contributed by atoms with van der Waals surface area (Å²) in [5.74, 6) is -1.13. The predicted molar refractivity (Wildman–Crippen MR) is 68.6 cm³/mol. The van der Waals surface area contributed by atoms with E-state index in [1.807, 2.05) is 0 Å². The van der Waals surface area contributed by atoms with Crippen LogP contribution in [-0.4, -0.2) is 18.5 Å². The molecule has 18 heavy (non-hydrogen) atoms. The van der Waals surface area contributed by atoms with Gasteiger partial charge in [-0.3, -0.25) is 9.59 Å². The lowest BCUT2D eigenvalue weighted by Gasteiger charge is -2.06. The van der Waals surface area contributed by atoms with E-state index < -0.39 is 11.8 Å². The van der Waals surface area contributed by atoms with Gasteiger partial charge < -0.3 is 10.1 Å². The van der Waals surface area contributed by atoms with Gasteiger partial charge in [-0.2, -0.15) is 0 Å².